The van der Waals surface area contributed by atoms with E-state index in [1.807, 2.05) is 6.07 Å². The number of hydrogen-bond donors (Lipinski definition) is 1. The Morgan fingerprint density at radius 2 is 2.16 bits per heavy atom. The van der Waals surface area contributed by atoms with Gasteiger partial charge in [-0.3, -0.25) is 0 Å². The van der Waals surface area contributed by atoms with E-state index in [9.17, 15) is 0 Å². The normalized spacial score (nSPS) is 16.8. The number of pyridine rings is 1. The molecule has 1 aliphatic heterocycles. The molecule has 0 spiro atoms. The molecule has 2 aromatic rings. The summed E-state index contributed by atoms with van der Waals surface area (Å²) in [6, 6.07) is 1.99. The van der Waals surface area contributed by atoms with E-state index in [0.29, 0.717) is 11.2 Å². The molecule has 0 aliphatic carbocycles. The molecule has 0 saturated heterocycles. The molecular formula is C13H19N5S. The van der Waals surface area contributed by atoms with Crippen LogP contribution in [0.4, 0.5) is 5.82 Å². The number of anilines is 1. The van der Waals surface area contributed by atoms with Crippen LogP contribution in [0, 0.1) is 5.41 Å². The lowest BCUT2D eigenvalue weighted by molar-refractivity contribution is 0.283. The molecule has 0 radical (unpaired) electrons. The van der Waals surface area contributed by atoms with E-state index in [-0.39, 0.29) is 0 Å². The molecule has 1 aliphatic rings. The first-order chi connectivity index (χ1) is 8.94. The topological polar surface area (TPSA) is 60.0 Å². The molecule has 0 atom stereocenters. The van der Waals surface area contributed by atoms with Crippen LogP contribution in [-0.2, 0) is 6.54 Å². The number of rotatable bonds is 1. The molecule has 0 amide bonds. The fourth-order valence-corrected chi connectivity index (χ4v) is 3.63. The molecule has 2 N–H and O–H groups in total. The summed E-state index contributed by atoms with van der Waals surface area (Å²) >= 11 is 1.72. The maximum absolute atomic E-state index is 5.89. The summed E-state index contributed by atoms with van der Waals surface area (Å²) in [5.41, 5.74) is 8.10. The third kappa shape index (κ3) is 2.42. The average molecular weight is 277 g/mol. The summed E-state index contributed by atoms with van der Waals surface area (Å²) in [7, 11) is 0. The van der Waals surface area contributed by atoms with Crippen molar-refractivity contribution in [1.82, 2.24) is 18.8 Å². The van der Waals surface area contributed by atoms with Crippen LogP contribution in [0.1, 0.15) is 20.8 Å². The standard InChI is InChI=1S/C13H19N5S/c1-13(2,3)8-17-6-7-18-9-4-5-15-11(14)10(9)16-12(18)19-17/h4-5H,6-8H2,1-3H3,(H2,14,15). The zero-order valence-corrected chi connectivity index (χ0v) is 12.4. The van der Waals surface area contributed by atoms with Gasteiger partial charge < -0.3 is 10.3 Å². The fraction of sp³-hybridized carbons (Fsp3) is 0.538. The number of hydrogen-bond acceptors (Lipinski definition) is 5. The molecule has 0 aromatic carbocycles. The molecule has 3 rings (SSSR count). The molecular weight excluding hydrogens is 258 g/mol. The van der Waals surface area contributed by atoms with Crippen molar-refractivity contribution in [3.8, 4) is 0 Å². The molecule has 19 heavy (non-hydrogen) atoms. The SMILES string of the molecule is CC(C)(C)CN1CCn2c(nc3c(N)nccc32)S1. The van der Waals surface area contributed by atoms with Crippen molar-refractivity contribution in [1.29, 1.82) is 0 Å². The Balaban J connectivity index is 1.94. The minimum atomic E-state index is 0.293. The Kier molecular flexibility index (Phi) is 2.94. The van der Waals surface area contributed by atoms with Crippen LogP contribution in [0.15, 0.2) is 17.4 Å². The molecule has 6 heteroatoms. The van der Waals surface area contributed by atoms with Crippen molar-refractivity contribution in [3.63, 3.8) is 0 Å². The lowest BCUT2D eigenvalue weighted by atomic mass is 9.97. The van der Waals surface area contributed by atoms with Crippen LogP contribution in [0.25, 0.3) is 11.0 Å². The highest BCUT2D eigenvalue weighted by Crippen LogP contribution is 2.33. The third-order valence-corrected chi connectivity index (χ3v) is 4.14. The van der Waals surface area contributed by atoms with Crippen LogP contribution in [0.3, 0.4) is 0 Å². The van der Waals surface area contributed by atoms with Gasteiger partial charge >= 0.3 is 0 Å². The molecule has 3 heterocycles. The zero-order valence-electron chi connectivity index (χ0n) is 11.6. The monoisotopic (exact) mass is 277 g/mol. The Labute approximate surface area is 117 Å². The van der Waals surface area contributed by atoms with E-state index in [1.165, 1.54) is 0 Å². The number of imidazole rings is 1. The Hall–Kier alpha value is -1.27. The van der Waals surface area contributed by atoms with E-state index in [4.69, 9.17) is 5.73 Å². The quantitative estimate of drug-likeness (QED) is 0.811. The van der Waals surface area contributed by atoms with Gasteiger partial charge in [-0.2, -0.15) is 0 Å². The first kappa shape index (κ1) is 12.7. The largest absolute Gasteiger partial charge is 0.382 e. The summed E-state index contributed by atoms with van der Waals surface area (Å²) in [4.78, 5) is 8.74. The van der Waals surface area contributed by atoms with Crippen molar-refractivity contribution in [2.75, 3.05) is 18.8 Å². The lowest BCUT2D eigenvalue weighted by Crippen LogP contribution is -2.33. The van der Waals surface area contributed by atoms with Crippen molar-refractivity contribution >= 4 is 28.8 Å². The molecule has 0 fully saturated rings. The second-order valence-corrected chi connectivity index (χ2v) is 7.19. The third-order valence-electron chi connectivity index (χ3n) is 3.09. The number of fused-ring (bicyclic) bond motifs is 3. The predicted molar refractivity (Wildman–Crippen MR) is 78.8 cm³/mol. The minimum Gasteiger partial charge on any atom is -0.382 e. The number of nitrogens with two attached hydrogens (primary N) is 1. The molecule has 0 unspecified atom stereocenters. The highest BCUT2D eigenvalue weighted by Gasteiger charge is 2.25. The van der Waals surface area contributed by atoms with Crippen LogP contribution in [-0.4, -0.2) is 31.9 Å². The Bertz CT molecular complexity index is 613. The predicted octanol–water partition coefficient (Wildman–Crippen LogP) is 2.38. The molecule has 2 aromatic heterocycles. The van der Waals surface area contributed by atoms with Gasteiger partial charge in [0.15, 0.2) is 11.0 Å². The maximum atomic E-state index is 5.89. The average Bonchev–Trinajstić information content (AvgIpc) is 2.66. The molecule has 102 valence electrons. The van der Waals surface area contributed by atoms with Gasteiger partial charge in [0.1, 0.15) is 5.52 Å². The second-order valence-electron chi connectivity index (χ2n) is 6.13. The van der Waals surface area contributed by atoms with Gasteiger partial charge in [0, 0.05) is 25.8 Å². The van der Waals surface area contributed by atoms with Crippen molar-refractivity contribution in [2.24, 2.45) is 5.41 Å². The maximum Gasteiger partial charge on any atom is 0.184 e. The summed E-state index contributed by atoms with van der Waals surface area (Å²) in [5.74, 6) is 0.516. The summed E-state index contributed by atoms with van der Waals surface area (Å²) in [6.45, 7) is 9.81. The van der Waals surface area contributed by atoms with Gasteiger partial charge in [-0.15, -0.1) is 0 Å². The number of aromatic nitrogens is 3. The summed E-state index contributed by atoms with van der Waals surface area (Å²) in [5, 5.41) is 1.02. The highest BCUT2D eigenvalue weighted by molar-refractivity contribution is 7.96. The Morgan fingerprint density at radius 3 is 2.89 bits per heavy atom. The first-order valence-corrected chi connectivity index (χ1v) is 7.25. The van der Waals surface area contributed by atoms with Gasteiger partial charge in [0.05, 0.1) is 5.52 Å². The van der Waals surface area contributed by atoms with E-state index in [0.717, 1.165) is 35.8 Å². The summed E-state index contributed by atoms with van der Waals surface area (Å²) in [6.07, 6.45) is 1.75. The van der Waals surface area contributed by atoms with Gasteiger partial charge in [0.25, 0.3) is 0 Å². The zero-order chi connectivity index (χ0) is 13.6. The minimum absolute atomic E-state index is 0.293. The van der Waals surface area contributed by atoms with Crippen LogP contribution < -0.4 is 5.73 Å². The van der Waals surface area contributed by atoms with Crippen LogP contribution >= 0.6 is 11.9 Å². The van der Waals surface area contributed by atoms with Crippen molar-refractivity contribution < 1.29 is 0 Å². The number of nitrogen functional groups attached to an aromatic ring is 1. The van der Waals surface area contributed by atoms with Crippen LogP contribution in [0.5, 0.6) is 0 Å². The van der Waals surface area contributed by atoms with Crippen molar-refractivity contribution in [2.45, 2.75) is 32.5 Å². The molecule has 0 saturated carbocycles. The van der Waals surface area contributed by atoms with Gasteiger partial charge in [-0.1, -0.05) is 20.8 Å². The molecule has 5 nitrogen and oxygen atoms in total. The Morgan fingerprint density at radius 1 is 1.37 bits per heavy atom. The number of nitrogens with zero attached hydrogens (tertiary/aromatic N) is 4. The highest BCUT2D eigenvalue weighted by atomic mass is 32.2. The van der Waals surface area contributed by atoms with Gasteiger partial charge in [-0.05, 0) is 23.4 Å². The fourth-order valence-electron chi connectivity index (χ4n) is 2.35. The van der Waals surface area contributed by atoms with Crippen molar-refractivity contribution in [3.05, 3.63) is 12.3 Å². The second kappa shape index (κ2) is 4.38. The van der Waals surface area contributed by atoms with Gasteiger partial charge in [-0.25, -0.2) is 14.3 Å². The van der Waals surface area contributed by atoms with Gasteiger partial charge in [0.2, 0.25) is 0 Å². The van der Waals surface area contributed by atoms with E-state index >= 15 is 0 Å². The van der Waals surface area contributed by atoms with E-state index in [2.05, 4.69) is 39.6 Å². The summed E-state index contributed by atoms with van der Waals surface area (Å²) < 4.78 is 4.61. The molecule has 0 bridgehead atoms. The first-order valence-electron chi connectivity index (χ1n) is 6.48. The lowest BCUT2D eigenvalue weighted by Gasteiger charge is -2.31. The van der Waals surface area contributed by atoms with E-state index in [1.54, 1.807) is 18.1 Å². The van der Waals surface area contributed by atoms with E-state index < -0.39 is 0 Å². The van der Waals surface area contributed by atoms with Crippen LogP contribution in [0.2, 0.25) is 0 Å². The smallest absolute Gasteiger partial charge is 0.184 e.